The molecule has 0 fully saturated rings. The maximum absolute atomic E-state index is 5.22. The Kier molecular flexibility index (Phi) is 2.69. The number of pyridine rings is 1. The van der Waals surface area contributed by atoms with Gasteiger partial charge in [0.15, 0.2) is 0 Å². The molecule has 2 rings (SSSR count). The van der Waals surface area contributed by atoms with Gasteiger partial charge in [-0.05, 0) is 37.1 Å². The Morgan fingerprint density at radius 2 is 1.87 bits per heavy atom. The van der Waals surface area contributed by atoms with E-state index in [0.29, 0.717) is 0 Å². The number of rotatable bonds is 1. The van der Waals surface area contributed by atoms with Crippen molar-refractivity contribution in [2.45, 2.75) is 13.8 Å². The molecule has 2 heteroatoms. The second-order valence-corrected chi connectivity index (χ2v) is 4.16. The van der Waals surface area contributed by atoms with Crippen LogP contribution in [0.1, 0.15) is 11.1 Å². The standard InChI is InChI=1S/C13H13NS/c1-9-4-3-5-11(8-9)12-7-6-10(2)13(15)14-12/h3-8H,1-2H3,(H,14,15). The van der Waals surface area contributed by atoms with Crippen LogP contribution in [0, 0.1) is 18.5 Å². The Hall–Kier alpha value is -1.41. The topological polar surface area (TPSA) is 15.8 Å². The lowest BCUT2D eigenvalue weighted by Crippen LogP contribution is -1.86. The van der Waals surface area contributed by atoms with E-state index in [2.05, 4.69) is 48.3 Å². The molecule has 2 aromatic rings. The van der Waals surface area contributed by atoms with Crippen LogP contribution in [0.2, 0.25) is 0 Å². The highest BCUT2D eigenvalue weighted by atomic mass is 32.1. The van der Waals surface area contributed by atoms with Crippen LogP contribution in [0.25, 0.3) is 11.3 Å². The average Bonchev–Trinajstić information content (AvgIpc) is 2.22. The summed E-state index contributed by atoms with van der Waals surface area (Å²) in [6.45, 7) is 4.10. The minimum atomic E-state index is 0.814. The molecule has 0 atom stereocenters. The molecule has 0 bridgehead atoms. The summed E-state index contributed by atoms with van der Waals surface area (Å²) in [7, 11) is 0. The molecular formula is C13H13NS. The summed E-state index contributed by atoms with van der Waals surface area (Å²) in [5.74, 6) is 0. The summed E-state index contributed by atoms with van der Waals surface area (Å²) in [5.41, 5.74) is 4.63. The molecule has 76 valence electrons. The molecule has 1 aromatic carbocycles. The summed E-state index contributed by atoms with van der Waals surface area (Å²) >= 11 is 5.22. The van der Waals surface area contributed by atoms with E-state index in [9.17, 15) is 0 Å². The number of nitrogens with one attached hydrogen (secondary N) is 1. The van der Waals surface area contributed by atoms with Crippen LogP contribution >= 0.6 is 12.2 Å². The van der Waals surface area contributed by atoms with Crippen molar-refractivity contribution < 1.29 is 0 Å². The van der Waals surface area contributed by atoms with E-state index < -0.39 is 0 Å². The van der Waals surface area contributed by atoms with Gasteiger partial charge in [0.2, 0.25) is 0 Å². The van der Waals surface area contributed by atoms with E-state index in [0.717, 1.165) is 15.9 Å². The highest BCUT2D eigenvalue weighted by Gasteiger charge is 1.98. The summed E-state index contributed by atoms with van der Waals surface area (Å²) < 4.78 is 0.814. The Morgan fingerprint density at radius 3 is 2.53 bits per heavy atom. The summed E-state index contributed by atoms with van der Waals surface area (Å²) in [4.78, 5) is 3.23. The minimum absolute atomic E-state index is 0.814. The predicted molar refractivity (Wildman–Crippen MR) is 66.5 cm³/mol. The molecule has 0 aliphatic heterocycles. The second kappa shape index (κ2) is 3.99. The molecular weight excluding hydrogens is 202 g/mol. The zero-order valence-electron chi connectivity index (χ0n) is 8.87. The number of hydrogen-bond acceptors (Lipinski definition) is 1. The van der Waals surface area contributed by atoms with Gasteiger partial charge in [-0.3, -0.25) is 0 Å². The smallest absolute Gasteiger partial charge is 0.106 e. The van der Waals surface area contributed by atoms with Crippen molar-refractivity contribution >= 4 is 12.2 Å². The van der Waals surface area contributed by atoms with Crippen LogP contribution in [-0.2, 0) is 0 Å². The van der Waals surface area contributed by atoms with Gasteiger partial charge in [0.1, 0.15) is 4.64 Å². The van der Waals surface area contributed by atoms with E-state index in [1.165, 1.54) is 11.1 Å². The zero-order valence-corrected chi connectivity index (χ0v) is 9.69. The van der Waals surface area contributed by atoms with Gasteiger partial charge in [-0.15, -0.1) is 0 Å². The monoisotopic (exact) mass is 215 g/mol. The third kappa shape index (κ3) is 2.16. The lowest BCUT2D eigenvalue weighted by Gasteiger charge is -2.04. The number of aromatic amines is 1. The molecule has 0 unspecified atom stereocenters. The van der Waals surface area contributed by atoms with Gasteiger partial charge >= 0.3 is 0 Å². The van der Waals surface area contributed by atoms with E-state index in [1.807, 2.05) is 6.92 Å². The maximum atomic E-state index is 5.22. The Morgan fingerprint density at radius 1 is 1.07 bits per heavy atom. The summed E-state index contributed by atoms with van der Waals surface area (Å²) in [6, 6.07) is 12.5. The first-order valence-electron chi connectivity index (χ1n) is 4.94. The fourth-order valence-electron chi connectivity index (χ4n) is 1.53. The van der Waals surface area contributed by atoms with Crippen LogP contribution < -0.4 is 0 Å². The number of hydrogen-bond donors (Lipinski definition) is 1. The molecule has 0 radical (unpaired) electrons. The molecule has 0 amide bonds. The molecule has 1 N–H and O–H groups in total. The Balaban J connectivity index is 2.55. The molecule has 0 saturated carbocycles. The van der Waals surface area contributed by atoms with Gasteiger partial charge in [-0.1, -0.05) is 42.0 Å². The van der Waals surface area contributed by atoms with E-state index in [-0.39, 0.29) is 0 Å². The van der Waals surface area contributed by atoms with Crippen molar-refractivity contribution in [2.75, 3.05) is 0 Å². The van der Waals surface area contributed by atoms with Gasteiger partial charge in [0.05, 0.1) is 0 Å². The molecule has 1 aromatic heterocycles. The van der Waals surface area contributed by atoms with E-state index >= 15 is 0 Å². The Labute approximate surface area is 94.8 Å². The molecule has 0 spiro atoms. The fourth-order valence-corrected chi connectivity index (χ4v) is 1.71. The minimum Gasteiger partial charge on any atom is -0.346 e. The van der Waals surface area contributed by atoms with Crippen LogP contribution in [0.4, 0.5) is 0 Å². The number of benzene rings is 1. The molecule has 1 nitrogen and oxygen atoms in total. The van der Waals surface area contributed by atoms with Crippen LogP contribution in [0.3, 0.4) is 0 Å². The quantitative estimate of drug-likeness (QED) is 0.710. The van der Waals surface area contributed by atoms with Crippen LogP contribution in [-0.4, -0.2) is 4.98 Å². The first-order valence-corrected chi connectivity index (χ1v) is 5.34. The van der Waals surface area contributed by atoms with Crippen molar-refractivity contribution in [3.05, 3.63) is 52.2 Å². The van der Waals surface area contributed by atoms with Crippen LogP contribution in [0.15, 0.2) is 36.4 Å². The van der Waals surface area contributed by atoms with Crippen molar-refractivity contribution in [1.82, 2.24) is 4.98 Å². The van der Waals surface area contributed by atoms with Gasteiger partial charge in [0.25, 0.3) is 0 Å². The summed E-state index contributed by atoms with van der Waals surface area (Å²) in [5, 5.41) is 0. The van der Waals surface area contributed by atoms with Crippen molar-refractivity contribution in [3.8, 4) is 11.3 Å². The first kappa shape index (κ1) is 10.1. The molecule has 1 heterocycles. The lowest BCUT2D eigenvalue weighted by molar-refractivity contribution is 1.24. The molecule has 0 aliphatic carbocycles. The number of aromatic nitrogens is 1. The van der Waals surface area contributed by atoms with Gasteiger partial charge in [-0.25, -0.2) is 0 Å². The van der Waals surface area contributed by atoms with Gasteiger partial charge in [0, 0.05) is 5.69 Å². The largest absolute Gasteiger partial charge is 0.346 e. The van der Waals surface area contributed by atoms with E-state index in [1.54, 1.807) is 0 Å². The van der Waals surface area contributed by atoms with E-state index in [4.69, 9.17) is 12.2 Å². The first-order chi connectivity index (χ1) is 7.16. The van der Waals surface area contributed by atoms with Gasteiger partial charge in [-0.2, -0.15) is 0 Å². The number of H-pyrrole nitrogens is 1. The zero-order chi connectivity index (χ0) is 10.8. The number of aryl methyl sites for hydroxylation is 2. The normalized spacial score (nSPS) is 10.3. The third-order valence-corrected chi connectivity index (χ3v) is 2.86. The molecule has 15 heavy (non-hydrogen) atoms. The van der Waals surface area contributed by atoms with Crippen molar-refractivity contribution in [1.29, 1.82) is 0 Å². The molecule has 0 aliphatic rings. The maximum Gasteiger partial charge on any atom is 0.106 e. The highest BCUT2D eigenvalue weighted by molar-refractivity contribution is 7.71. The fraction of sp³-hybridized carbons (Fsp3) is 0.154. The second-order valence-electron chi connectivity index (χ2n) is 3.75. The Bertz CT molecular complexity index is 540. The van der Waals surface area contributed by atoms with Gasteiger partial charge < -0.3 is 4.98 Å². The predicted octanol–water partition coefficient (Wildman–Crippen LogP) is 4.03. The van der Waals surface area contributed by atoms with Crippen LogP contribution in [0.5, 0.6) is 0 Å². The lowest BCUT2D eigenvalue weighted by atomic mass is 10.1. The molecule has 0 saturated heterocycles. The SMILES string of the molecule is Cc1cccc(-c2ccc(C)c(=S)[nH]2)c1. The van der Waals surface area contributed by atoms with Crippen molar-refractivity contribution in [3.63, 3.8) is 0 Å². The summed E-state index contributed by atoms with van der Waals surface area (Å²) in [6.07, 6.45) is 0. The van der Waals surface area contributed by atoms with Crippen molar-refractivity contribution in [2.24, 2.45) is 0 Å². The highest BCUT2D eigenvalue weighted by Crippen LogP contribution is 2.18. The third-order valence-electron chi connectivity index (χ3n) is 2.44. The average molecular weight is 215 g/mol.